The third kappa shape index (κ3) is 4.85. The van der Waals surface area contributed by atoms with E-state index in [1.54, 1.807) is 13.2 Å². The number of hydrogen-bond donors (Lipinski definition) is 1. The van der Waals surface area contributed by atoms with Crippen LogP contribution in [-0.4, -0.2) is 34.1 Å². The number of halogens is 1. The standard InChI is InChI=1S/C11H18ClNO3S2/c1-3-10-4-5-11(17-10)18(14,15)13-7-6-9(12)8-16-2/h4-5,9,13H,3,6-8H2,1-2H3. The summed E-state index contributed by atoms with van der Waals surface area (Å²) in [5.41, 5.74) is 0. The minimum Gasteiger partial charge on any atom is -0.383 e. The average Bonchev–Trinajstić information content (AvgIpc) is 2.78. The van der Waals surface area contributed by atoms with Gasteiger partial charge in [0.15, 0.2) is 0 Å². The van der Waals surface area contributed by atoms with Crippen molar-refractivity contribution in [2.75, 3.05) is 20.3 Å². The smallest absolute Gasteiger partial charge is 0.250 e. The number of rotatable bonds is 8. The van der Waals surface area contributed by atoms with Crippen LogP contribution in [0.3, 0.4) is 0 Å². The van der Waals surface area contributed by atoms with Crippen molar-refractivity contribution in [2.24, 2.45) is 0 Å². The molecule has 0 aromatic carbocycles. The Morgan fingerprint density at radius 3 is 2.78 bits per heavy atom. The third-order valence-electron chi connectivity index (χ3n) is 2.35. The average molecular weight is 312 g/mol. The van der Waals surface area contributed by atoms with E-state index in [-0.39, 0.29) is 5.38 Å². The first-order valence-electron chi connectivity index (χ1n) is 5.71. The van der Waals surface area contributed by atoms with Crippen LogP contribution in [0.15, 0.2) is 16.3 Å². The van der Waals surface area contributed by atoms with E-state index in [1.165, 1.54) is 11.3 Å². The molecule has 0 saturated carbocycles. The lowest BCUT2D eigenvalue weighted by Crippen LogP contribution is -2.26. The molecule has 0 aliphatic rings. The van der Waals surface area contributed by atoms with Crippen molar-refractivity contribution in [1.82, 2.24) is 4.72 Å². The first kappa shape index (κ1) is 15.9. The maximum atomic E-state index is 11.9. The normalized spacial score (nSPS) is 13.7. The largest absolute Gasteiger partial charge is 0.383 e. The number of aryl methyl sites for hydroxylation is 1. The number of ether oxygens (including phenoxy) is 1. The second-order valence-corrected chi connectivity index (χ2v) is 7.59. The fraction of sp³-hybridized carbons (Fsp3) is 0.636. The molecular weight excluding hydrogens is 294 g/mol. The summed E-state index contributed by atoms with van der Waals surface area (Å²) in [6.07, 6.45) is 1.39. The summed E-state index contributed by atoms with van der Waals surface area (Å²) >= 11 is 7.23. The highest BCUT2D eigenvalue weighted by atomic mass is 35.5. The van der Waals surface area contributed by atoms with E-state index in [9.17, 15) is 8.42 Å². The number of alkyl halides is 1. The lowest BCUT2D eigenvalue weighted by molar-refractivity contribution is 0.196. The molecule has 0 radical (unpaired) electrons. The SMILES string of the molecule is CCc1ccc(S(=O)(=O)NCCC(Cl)COC)s1. The minimum atomic E-state index is -3.39. The van der Waals surface area contributed by atoms with Crippen LogP contribution in [0, 0.1) is 0 Å². The molecule has 0 fully saturated rings. The van der Waals surface area contributed by atoms with Crippen LogP contribution in [0.5, 0.6) is 0 Å². The highest BCUT2D eigenvalue weighted by molar-refractivity contribution is 7.91. The van der Waals surface area contributed by atoms with Gasteiger partial charge in [0, 0.05) is 18.5 Å². The van der Waals surface area contributed by atoms with Gasteiger partial charge < -0.3 is 4.74 Å². The quantitative estimate of drug-likeness (QED) is 0.749. The van der Waals surface area contributed by atoms with E-state index >= 15 is 0 Å². The van der Waals surface area contributed by atoms with E-state index in [0.717, 1.165) is 11.3 Å². The zero-order chi connectivity index (χ0) is 13.6. The van der Waals surface area contributed by atoms with Gasteiger partial charge in [0.2, 0.25) is 10.0 Å². The molecule has 0 aliphatic carbocycles. The van der Waals surface area contributed by atoms with Crippen LogP contribution >= 0.6 is 22.9 Å². The third-order valence-corrected chi connectivity index (χ3v) is 5.87. The molecule has 0 aliphatic heterocycles. The predicted molar refractivity (Wildman–Crippen MR) is 75.0 cm³/mol. The zero-order valence-electron chi connectivity index (χ0n) is 10.5. The Kier molecular flexibility index (Phi) is 6.59. The topological polar surface area (TPSA) is 55.4 Å². The van der Waals surface area contributed by atoms with Gasteiger partial charge in [-0.2, -0.15) is 0 Å². The van der Waals surface area contributed by atoms with Crippen molar-refractivity contribution < 1.29 is 13.2 Å². The van der Waals surface area contributed by atoms with Gasteiger partial charge in [-0.05, 0) is 25.0 Å². The van der Waals surface area contributed by atoms with Gasteiger partial charge in [-0.15, -0.1) is 22.9 Å². The summed E-state index contributed by atoms with van der Waals surface area (Å²) in [5, 5.41) is -0.174. The van der Waals surface area contributed by atoms with Crippen molar-refractivity contribution in [2.45, 2.75) is 29.4 Å². The van der Waals surface area contributed by atoms with Crippen molar-refractivity contribution in [3.8, 4) is 0 Å². The molecule has 0 bridgehead atoms. The molecule has 1 rings (SSSR count). The Morgan fingerprint density at radius 1 is 1.50 bits per heavy atom. The molecule has 7 heteroatoms. The molecule has 18 heavy (non-hydrogen) atoms. The lowest BCUT2D eigenvalue weighted by Gasteiger charge is -2.08. The molecule has 104 valence electrons. The van der Waals surface area contributed by atoms with Crippen LogP contribution < -0.4 is 4.72 Å². The van der Waals surface area contributed by atoms with E-state index < -0.39 is 10.0 Å². The molecule has 4 nitrogen and oxygen atoms in total. The number of hydrogen-bond acceptors (Lipinski definition) is 4. The Balaban J connectivity index is 2.50. The van der Waals surface area contributed by atoms with Crippen LogP contribution in [0.25, 0.3) is 0 Å². The second-order valence-electron chi connectivity index (χ2n) is 3.81. The van der Waals surface area contributed by atoms with Crippen LogP contribution in [0.4, 0.5) is 0 Å². The van der Waals surface area contributed by atoms with Crippen LogP contribution in [0.1, 0.15) is 18.2 Å². The van der Waals surface area contributed by atoms with Gasteiger partial charge in [-0.1, -0.05) is 6.92 Å². The van der Waals surface area contributed by atoms with Gasteiger partial charge in [0.05, 0.1) is 12.0 Å². The predicted octanol–water partition coefficient (Wildman–Crippen LogP) is 2.23. The first-order valence-corrected chi connectivity index (χ1v) is 8.44. The molecule has 0 saturated heterocycles. The van der Waals surface area contributed by atoms with Crippen molar-refractivity contribution >= 4 is 33.0 Å². The Bertz CT molecular complexity index is 459. The number of methoxy groups -OCH3 is 1. The summed E-state index contributed by atoms with van der Waals surface area (Å²) < 4.78 is 31.6. The second kappa shape index (κ2) is 7.45. The van der Waals surface area contributed by atoms with Crippen molar-refractivity contribution in [3.63, 3.8) is 0 Å². The molecular formula is C11H18ClNO3S2. The fourth-order valence-corrected chi connectivity index (χ4v) is 4.00. The summed E-state index contributed by atoms with van der Waals surface area (Å²) in [7, 11) is -1.82. The van der Waals surface area contributed by atoms with E-state index in [4.69, 9.17) is 16.3 Å². The molecule has 1 aromatic heterocycles. The first-order chi connectivity index (χ1) is 8.49. The molecule has 1 unspecified atom stereocenters. The monoisotopic (exact) mass is 311 g/mol. The highest BCUT2D eigenvalue weighted by Crippen LogP contribution is 2.21. The zero-order valence-corrected chi connectivity index (χ0v) is 12.9. The maximum absolute atomic E-state index is 11.9. The summed E-state index contributed by atoms with van der Waals surface area (Å²) in [6.45, 7) is 2.74. The Labute approximate surface area is 117 Å². The lowest BCUT2D eigenvalue weighted by atomic mass is 10.3. The fourth-order valence-electron chi connectivity index (χ4n) is 1.38. The highest BCUT2D eigenvalue weighted by Gasteiger charge is 2.16. The molecule has 1 N–H and O–H groups in total. The van der Waals surface area contributed by atoms with Gasteiger partial charge in [0.1, 0.15) is 4.21 Å². The summed E-state index contributed by atoms with van der Waals surface area (Å²) in [4.78, 5) is 1.06. The van der Waals surface area contributed by atoms with Crippen molar-refractivity contribution in [1.29, 1.82) is 0 Å². The molecule has 1 heterocycles. The van der Waals surface area contributed by atoms with Crippen molar-refractivity contribution in [3.05, 3.63) is 17.0 Å². The maximum Gasteiger partial charge on any atom is 0.250 e. The van der Waals surface area contributed by atoms with E-state index in [2.05, 4.69) is 4.72 Å². The Morgan fingerprint density at radius 2 is 2.22 bits per heavy atom. The number of nitrogens with one attached hydrogen (secondary N) is 1. The summed E-state index contributed by atoms with van der Waals surface area (Å²) in [6, 6.07) is 3.48. The molecule has 0 amide bonds. The van der Waals surface area contributed by atoms with E-state index in [0.29, 0.717) is 23.8 Å². The molecule has 0 spiro atoms. The minimum absolute atomic E-state index is 0.174. The van der Waals surface area contributed by atoms with Gasteiger partial charge in [-0.3, -0.25) is 0 Å². The van der Waals surface area contributed by atoms with Crippen LogP contribution in [-0.2, 0) is 21.2 Å². The van der Waals surface area contributed by atoms with Gasteiger partial charge >= 0.3 is 0 Å². The van der Waals surface area contributed by atoms with Gasteiger partial charge in [-0.25, -0.2) is 13.1 Å². The molecule has 1 atom stereocenters. The summed E-state index contributed by atoms with van der Waals surface area (Å²) in [5.74, 6) is 0. The van der Waals surface area contributed by atoms with Crippen LogP contribution in [0.2, 0.25) is 0 Å². The number of thiophene rings is 1. The molecule has 1 aromatic rings. The number of sulfonamides is 1. The van der Waals surface area contributed by atoms with Gasteiger partial charge in [0.25, 0.3) is 0 Å². The van der Waals surface area contributed by atoms with E-state index in [1.807, 2.05) is 13.0 Å². The Hall–Kier alpha value is -0.140.